The van der Waals surface area contributed by atoms with E-state index < -0.39 is 5.60 Å². The molecule has 0 unspecified atom stereocenters. The normalized spacial score (nSPS) is 26.6. The lowest BCUT2D eigenvalue weighted by Gasteiger charge is -2.36. The highest BCUT2D eigenvalue weighted by Gasteiger charge is 2.31. The molecule has 1 fully saturated rings. The number of phenols is 2. The topological polar surface area (TPSA) is 72.7 Å². The molecule has 4 nitrogen and oxygen atoms in total. The zero-order valence-corrected chi connectivity index (χ0v) is 12.1. The molecule has 1 aromatic rings. The first-order chi connectivity index (χ1) is 9.52. The van der Waals surface area contributed by atoms with Gasteiger partial charge in [-0.2, -0.15) is 0 Å². The summed E-state index contributed by atoms with van der Waals surface area (Å²) < 4.78 is 0. The smallest absolute Gasteiger partial charge is 0.157 e. The van der Waals surface area contributed by atoms with Crippen LogP contribution in [0.5, 0.6) is 11.5 Å². The molecule has 1 aromatic carbocycles. The summed E-state index contributed by atoms with van der Waals surface area (Å²) in [6.45, 7) is 3.36. The van der Waals surface area contributed by atoms with Gasteiger partial charge in [0.05, 0.1) is 5.60 Å². The lowest BCUT2D eigenvalue weighted by atomic mass is 9.78. The quantitative estimate of drug-likeness (QED) is 0.625. The van der Waals surface area contributed by atoms with E-state index in [2.05, 4.69) is 12.2 Å². The number of hydrogen-bond donors (Lipinski definition) is 4. The monoisotopic (exact) mass is 279 g/mol. The van der Waals surface area contributed by atoms with Gasteiger partial charge in [-0.3, -0.25) is 0 Å². The van der Waals surface area contributed by atoms with Gasteiger partial charge >= 0.3 is 0 Å². The van der Waals surface area contributed by atoms with Crippen LogP contribution in [-0.4, -0.2) is 27.5 Å². The van der Waals surface area contributed by atoms with E-state index in [1.54, 1.807) is 12.1 Å². The summed E-state index contributed by atoms with van der Waals surface area (Å²) in [6, 6.07) is 4.79. The van der Waals surface area contributed by atoms with Gasteiger partial charge in [-0.1, -0.05) is 19.4 Å². The molecule has 2 rings (SSSR count). The van der Waals surface area contributed by atoms with Crippen LogP contribution in [0, 0.1) is 5.92 Å². The summed E-state index contributed by atoms with van der Waals surface area (Å²) in [5.41, 5.74) is 0.302. The van der Waals surface area contributed by atoms with Crippen LogP contribution in [0.1, 0.15) is 44.6 Å². The van der Waals surface area contributed by atoms with Gasteiger partial charge in [-0.25, -0.2) is 0 Å². The molecule has 1 aliphatic rings. The SMILES string of the molecule is CCC1CCC(O)(CNCc2ccc(O)c(O)c2)CC1. The van der Waals surface area contributed by atoms with Crippen molar-refractivity contribution in [2.24, 2.45) is 5.92 Å². The predicted molar refractivity (Wildman–Crippen MR) is 78.7 cm³/mol. The Kier molecular flexibility index (Phi) is 4.89. The Bertz CT molecular complexity index is 439. The predicted octanol–water partition coefficient (Wildman–Crippen LogP) is 2.52. The average Bonchev–Trinajstić information content (AvgIpc) is 2.44. The second-order valence-electron chi connectivity index (χ2n) is 6.00. The lowest BCUT2D eigenvalue weighted by molar-refractivity contribution is -0.00881. The maximum absolute atomic E-state index is 10.5. The summed E-state index contributed by atoms with van der Waals surface area (Å²) in [5.74, 6) is 0.557. The Balaban J connectivity index is 1.79. The number of benzene rings is 1. The zero-order valence-electron chi connectivity index (χ0n) is 12.1. The second kappa shape index (κ2) is 6.46. The summed E-state index contributed by atoms with van der Waals surface area (Å²) in [7, 11) is 0. The highest BCUT2D eigenvalue weighted by Crippen LogP contribution is 2.33. The van der Waals surface area contributed by atoms with Gasteiger partial charge in [0.2, 0.25) is 0 Å². The van der Waals surface area contributed by atoms with Crippen LogP contribution in [0.4, 0.5) is 0 Å². The van der Waals surface area contributed by atoms with Crippen molar-refractivity contribution >= 4 is 0 Å². The maximum atomic E-state index is 10.5. The van der Waals surface area contributed by atoms with Crippen LogP contribution < -0.4 is 5.32 Å². The maximum Gasteiger partial charge on any atom is 0.157 e. The Morgan fingerprint density at radius 2 is 1.90 bits per heavy atom. The summed E-state index contributed by atoms with van der Waals surface area (Å²) in [4.78, 5) is 0. The van der Waals surface area contributed by atoms with Crippen molar-refractivity contribution in [1.29, 1.82) is 0 Å². The van der Waals surface area contributed by atoms with Gasteiger partial charge in [0.15, 0.2) is 11.5 Å². The number of rotatable bonds is 5. The third-order valence-corrected chi connectivity index (χ3v) is 4.44. The fraction of sp³-hybridized carbons (Fsp3) is 0.625. The average molecular weight is 279 g/mol. The number of nitrogens with one attached hydrogen (secondary N) is 1. The van der Waals surface area contributed by atoms with E-state index in [9.17, 15) is 15.3 Å². The highest BCUT2D eigenvalue weighted by molar-refractivity contribution is 5.40. The molecule has 0 saturated heterocycles. The van der Waals surface area contributed by atoms with Crippen molar-refractivity contribution < 1.29 is 15.3 Å². The van der Waals surface area contributed by atoms with E-state index in [-0.39, 0.29) is 11.5 Å². The molecule has 0 aliphatic heterocycles. The van der Waals surface area contributed by atoms with Crippen LogP contribution in [0.15, 0.2) is 18.2 Å². The molecule has 0 radical (unpaired) electrons. The fourth-order valence-corrected chi connectivity index (χ4v) is 2.92. The van der Waals surface area contributed by atoms with Crippen molar-refractivity contribution in [3.63, 3.8) is 0 Å². The second-order valence-corrected chi connectivity index (χ2v) is 6.00. The van der Waals surface area contributed by atoms with E-state index in [4.69, 9.17) is 0 Å². The summed E-state index contributed by atoms with van der Waals surface area (Å²) in [5, 5.41) is 32.4. The molecule has 1 saturated carbocycles. The number of phenolic OH excluding ortho intramolecular Hbond substituents is 2. The number of aromatic hydroxyl groups is 2. The van der Waals surface area contributed by atoms with Crippen LogP contribution in [0.25, 0.3) is 0 Å². The third-order valence-electron chi connectivity index (χ3n) is 4.44. The molecule has 0 heterocycles. The largest absolute Gasteiger partial charge is 0.504 e. The zero-order chi connectivity index (χ0) is 14.6. The van der Waals surface area contributed by atoms with Crippen molar-refractivity contribution in [2.45, 2.75) is 51.2 Å². The number of hydrogen-bond acceptors (Lipinski definition) is 4. The van der Waals surface area contributed by atoms with Gasteiger partial charge in [-0.15, -0.1) is 0 Å². The minimum Gasteiger partial charge on any atom is -0.504 e. The van der Waals surface area contributed by atoms with Gasteiger partial charge in [0.25, 0.3) is 0 Å². The van der Waals surface area contributed by atoms with Gasteiger partial charge in [0, 0.05) is 13.1 Å². The van der Waals surface area contributed by atoms with E-state index in [1.807, 2.05) is 0 Å². The lowest BCUT2D eigenvalue weighted by Crippen LogP contribution is -2.43. The van der Waals surface area contributed by atoms with Crippen molar-refractivity contribution in [3.05, 3.63) is 23.8 Å². The molecule has 0 atom stereocenters. The fourth-order valence-electron chi connectivity index (χ4n) is 2.92. The Morgan fingerprint density at radius 3 is 2.50 bits per heavy atom. The Hall–Kier alpha value is -1.26. The molecule has 0 spiro atoms. The third kappa shape index (κ3) is 3.87. The van der Waals surface area contributed by atoms with Crippen molar-refractivity contribution in [2.75, 3.05) is 6.54 Å². The standard InChI is InChI=1S/C16H25NO3/c1-2-12-5-7-16(20,8-6-12)11-17-10-13-3-4-14(18)15(19)9-13/h3-4,9,12,17-20H,2,5-8,10-11H2,1H3. The first kappa shape index (κ1) is 15.1. The van der Waals surface area contributed by atoms with Crippen LogP contribution >= 0.6 is 0 Å². The van der Waals surface area contributed by atoms with Gasteiger partial charge in [0.1, 0.15) is 0 Å². The summed E-state index contributed by atoms with van der Waals surface area (Å²) in [6.07, 6.45) is 5.14. The van der Waals surface area contributed by atoms with E-state index >= 15 is 0 Å². The molecular weight excluding hydrogens is 254 g/mol. The van der Waals surface area contributed by atoms with E-state index in [1.165, 1.54) is 12.5 Å². The van der Waals surface area contributed by atoms with E-state index in [0.29, 0.717) is 13.1 Å². The van der Waals surface area contributed by atoms with Crippen molar-refractivity contribution in [1.82, 2.24) is 5.32 Å². The van der Waals surface area contributed by atoms with Gasteiger partial charge < -0.3 is 20.6 Å². The number of aliphatic hydroxyl groups is 1. The van der Waals surface area contributed by atoms with E-state index in [0.717, 1.165) is 37.2 Å². The molecule has 0 bridgehead atoms. The molecule has 112 valence electrons. The molecule has 1 aliphatic carbocycles. The van der Waals surface area contributed by atoms with Crippen LogP contribution in [0.3, 0.4) is 0 Å². The Labute approximate surface area is 120 Å². The highest BCUT2D eigenvalue weighted by atomic mass is 16.3. The Morgan fingerprint density at radius 1 is 1.20 bits per heavy atom. The first-order valence-corrected chi connectivity index (χ1v) is 7.46. The molecule has 4 heteroatoms. The minimum atomic E-state index is -0.593. The minimum absolute atomic E-state index is 0.105. The molecule has 0 aromatic heterocycles. The van der Waals surface area contributed by atoms with Gasteiger partial charge in [-0.05, 0) is 49.3 Å². The van der Waals surface area contributed by atoms with Crippen LogP contribution in [-0.2, 0) is 6.54 Å². The summed E-state index contributed by atoms with van der Waals surface area (Å²) >= 11 is 0. The molecule has 4 N–H and O–H groups in total. The molecular formula is C16H25NO3. The molecule has 0 amide bonds. The van der Waals surface area contributed by atoms with Crippen molar-refractivity contribution in [3.8, 4) is 11.5 Å². The molecule has 20 heavy (non-hydrogen) atoms. The first-order valence-electron chi connectivity index (χ1n) is 7.46. The van der Waals surface area contributed by atoms with Crippen LogP contribution in [0.2, 0.25) is 0 Å².